The van der Waals surface area contributed by atoms with Crippen LogP contribution in [0.25, 0.3) is 0 Å². The first-order valence-corrected chi connectivity index (χ1v) is 10.1. The minimum atomic E-state index is -1.69. The smallest absolute Gasteiger partial charge is 0.330 e. The van der Waals surface area contributed by atoms with Gasteiger partial charge in [0.15, 0.2) is 0 Å². The van der Waals surface area contributed by atoms with Gasteiger partial charge in [0.25, 0.3) is 11.5 Å². The predicted molar refractivity (Wildman–Crippen MR) is 85.8 cm³/mol. The number of carbonyl (C=O) groups is 1. The minimum Gasteiger partial charge on any atom is -0.383 e. The summed E-state index contributed by atoms with van der Waals surface area (Å²) >= 11 is 0. The van der Waals surface area contributed by atoms with Crippen molar-refractivity contribution >= 4 is 25.5 Å². The molecule has 0 aliphatic heterocycles. The Morgan fingerprint density at radius 1 is 1.38 bits per heavy atom. The van der Waals surface area contributed by atoms with E-state index in [1.165, 1.54) is 0 Å². The lowest BCUT2D eigenvalue weighted by atomic mass is 10.4. The summed E-state index contributed by atoms with van der Waals surface area (Å²) in [6.45, 7) is 8.07. The number of amides is 1. The molecule has 1 aromatic rings. The van der Waals surface area contributed by atoms with E-state index in [0.717, 1.165) is 4.57 Å². The largest absolute Gasteiger partial charge is 0.383 e. The minimum absolute atomic E-state index is 0.141. The molecule has 0 bridgehead atoms. The van der Waals surface area contributed by atoms with Gasteiger partial charge in [-0.1, -0.05) is 26.6 Å². The maximum absolute atomic E-state index is 12.1. The molecule has 4 N–H and O–H groups in total. The number of aromatic nitrogens is 2. The topological polar surface area (TPSA) is 110 Å². The highest BCUT2D eigenvalue weighted by molar-refractivity contribution is 6.84. The van der Waals surface area contributed by atoms with Crippen molar-refractivity contribution in [2.24, 2.45) is 0 Å². The van der Waals surface area contributed by atoms with E-state index in [-0.39, 0.29) is 18.1 Å². The first-order chi connectivity index (χ1) is 9.65. The zero-order valence-corrected chi connectivity index (χ0v) is 13.7. The van der Waals surface area contributed by atoms with E-state index in [1.807, 2.05) is 26.6 Å². The van der Waals surface area contributed by atoms with Crippen LogP contribution in [0.1, 0.15) is 13.3 Å². The van der Waals surface area contributed by atoms with Gasteiger partial charge in [0, 0.05) is 6.54 Å². The van der Waals surface area contributed by atoms with Gasteiger partial charge in [-0.15, -0.1) is 5.54 Å². The molecule has 0 unspecified atom stereocenters. The molecule has 0 atom stereocenters. The van der Waals surface area contributed by atoms with Crippen LogP contribution in [0.5, 0.6) is 0 Å². The quantitative estimate of drug-likeness (QED) is 0.552. The first kappa shape index (κ1) is 16.8. The molecule has 0 saturated heterocycles. The maximum Gasteiger partial charge on any atom is 0.330 e. The molecule has 1 amide bonds. The second-order valence-corrected chi connectivity index (χ2v) is 10.4. The zero-order valence-electron chi connectivity index (χ0n) is 12.7. The van der Waals surface area contributed by atoms with Gasteiger partial charge >= 0.3 is 5.69 Å². The van der Waals surface area contributed by atoms with Crippen molar-refractivity contribution in [2.45, 2.75) is 39.5 Å². The second kappa shape index (κ2) is 6.45. The Labute approximate surface area is 123 Å². The number of nitrogens with two attached hydrogens (primary N) is 1. The van der Waals surface area contributed by atoms with Crippen molar-refractivity contribution in [1.82, 2.24) is 9.55 Å². The highest BCUT2D eigenvalue weighted by atomic mass is 28.3. The molecule has 0 aromatic carbocycles. The molecule has 7 nitrogen and oxygen atoms in total. The van der Waals surface area contributed by atoms with Crippen molar-refractivity contribution in [3.05, 3.63) is 20.8 Å². The fraction of sp³-hybridized carbons (Fsp3) is 0.462. The summed E-state index contributed by atoms with van der Waals surface area (Å²) in [6, 6.07) is 0. The Balaban J connectivity index is 3.17. The van der Waals surface area contributed by atoms with Crippen molar-refractivity contribution in [3.63, 3.8) is 0 Å². The molecule has 0 aliphatic carbocycles. The third-order valence-electron chi connectivity index (χ3n) is 2.45. The van der Waals surface area contributed by atoms with E-state index >= 15 is 0 Å². The van der Waals surface area contributed by atoms with E-state index in [1.54, 1.807) is 0 Å². The molecule has 114 valence electrons. The summed E-state index contributed by atoms with van der Waals surface area (Å²) in [4.78, 5) is 37.9. The number of hydrogen-bond donors (Lipinski definition) is 3. The molecule has 0 aliphatic rings. The van der Waals surface area contributed by atoms with Crippen molar-refractivity contribution in [2.75, 3.05) is 11.1 Å². The van der Waals surface area contributed by atoms with E-state index in [2.05, 4.69) is 21.8 Å². The molecule has 21 heavy (non-hydrogen) atoms. The molecule has 1 aromatic heterocycles. The van der Waals surface area contributed by atoms with Gasteiger partial charge in [-0.3, -0.25) is 19.1 Å². The third kappa shape index (κ3) is 4.64. The molecule has 0 spiro atoms. The van der Waals surface area contributed by atoms with Crippen LogP contribution in [0.3, 0.4) is 0 Å². The van der Waals surface area contributed by atoms with E-state index in [0.29, 0.717) is 6.42 Å². The van der Waals surface area contributed by atoms with Crippen molar-refractivity contribution < 1.29 is 4.79 Å². The Kier molecular flexibility index (Phi) is 5.16. The average Bonchev–Trinajstić information content (AvgIpc) is 2.36. The van der Waals surface area contributed by atoms with Crippen LogP contribution in [0, 0.1) is 11.5 Å². The fourth-order valence-electron chi connectivity index (χ4n) is 1.52. The van der Waals surface area contributed by atoms with Crippen molar-refractivity contribution in [3.8, 4) is 11.5 Å². The van der Waals surface area contributed by atoms with Crippen LogP contribution in [-0.4, -0.2) is 23.5 Å². The lowest BCUT2D eigenvalue weighted by Gasteiger charge is -2.09. The van der Waals surface area contributed by atoms with E-state index in [9.17, 15) is 14.4 Å². The normalized spacial score (nSPS) is 10.7. The average molecular weight is 308 g/mol. The lowest BCUT2D eigenvalue weighted by Crippen LogP contribution is -2.38. The maximum atomic E-state index is 12.1. The third-order valence-corrected chi connectivity index (χ3v) is 3.33. The summed E-state index contributed by atoms with van der Waals surface area (Å²) in [5, 5.41) is 2.36. The number of aromatic amines is 1. The summed E-state index contributed by atoms with van der Waals surface area (Å²) in [5.41, 5.74) is 7.12. The van der Waals surface area contributed by atoms with Gasteiger partial charge < -0.3 is 11.1 Å². The molecular weight excluding hydrogens is 288 g/mol. The van der Waals surface area contributed by atoms with Crippen LogP contribution in [-0.2, 0) is 11.3 Å². The molecule has 8 heteroatoms. The number of nitrogen functional groups attached to an aromatic ring is 1. The van der Waals surface area contributed by atoms with Gasteiger partial charge in [0.05, 0.1) is 0 Å². The Hall–Kier alpha value is -2.27. The van der Waals surface area contributed by atoms with Gasteiger partial charge in [-0.05, 0) is 12.3 Å². The number of H-pyrrole nitrogens is 1. The van der Waals surface area contributed by atoms with Crippen LogP contribution in [0.4, 0.5) is 11.5 Å². The molecule has 0 fully saturated rings. The number of rotatable bonds is 3. The van der Waals surface area contributed by atoms with E-state index in [4.69, 9.17) is 5.73 Å². The number of carbonyl (C=O) groups excluding carboxylic acids is 1. The van der Waals surface area contributed by atoms with Crippen LogP contribution in [0.2, 0.25) is 19.6 Å². The van der Waals surface area contributed by atoms with Gasteiger partial charge in [0.2, 0.25) is 0 Å². The monoisotopic (exact) mass is 308 g/mol. The lowest BCUT2D eigenvalue weighted by molar-refractivity contribution is -0.111. The predicted octanol–water partition coefficient (Wildman–Crippen LogP) is 0.348. The SMILES string of the molecule is CCCn1c(=O)[nH]c(N)c(NC(=O)C#C[Si](C)(C)C)c1=O. The molecule has 0 saturated carbocycles. The first-order valence-electron chi connectivity index (χ1n) is 6.62. The number of nitrogens with zero attached hydrogens (tertiary/aromatic N) is 1. The Morgan fingerprint density at radius 2 is 2.00 bits per heavy atom. The fourth-order valence-corrected chi connectivity index (χ4v) is 2.01. The summed E-state index contributed by atoms with van der Waals surface area (Å²) in [6.07, 6.45) is 0.607. The van der Waals surface area contributed by atoms with Gasteiger partial charge in [0.1, 0.15) is 19.6 Å². The van der Waals surface area contributed by atoms with Crippen LogP contribution < -0.4 is 22.3 Å². The molecule has 0 radical (unpaired) electrons. The number of nitrogens with one attached hydrogen (secondary N) is 2. The standard InChI is InChI=1S/C13H20N4O3Si/c1-5-7-17-12(19)10(11(14)16-13(17)20)15-9(18)6-8-21(2,3)4/h5,7,14H2,1-4H3,(H,15,18)(H,16,20). The number of anilines is 2. The summed E-state index contributed by atoms with van der Waals surface area (Å²) < 4.78 is 0.998. The van der Waals surface area contributed by atoms with Crippen LogP contribution >= 0.6 is 0 Å². The van der Waals surface area contributed by atoms with Gasteiger partial charge in [-0.2, -0.15) is 0 Å². The Bertz CT molecular complexity index is 716. The second-order valence-electron chi connectivity index (χ2n) is 5.63. The number of hydrogen-bond acceptors (Lipinski definition) is 4. The summed E-state index contributed by atoms with van der Waals surface area (Å²) in [7, 11) is -1.69. The molecular formula is C13H20N4O3Si. The molecule has 1 rings (SSSR count). The molecule has 1 heterocycles. The zero-order chi connectivity index (χ0) is 16.2. The van der Waals surface area contributed by atoms with Crippen molar-refractivity contribution in [1.29, 1.82) is 0 Å². The van der Waals surface area contributed by atoms with Gasteiger partial charge in [-0.25, -0.2) is 4.79 Å². The highest BCUT2D eigenvalue weighted by Crippen LogP contribution is 2.06. The van der Waals surface area contributed by atoms with Crippen LogP contribution in [0.15, 0.2) is 9.59 Å². The highest BCUT2D eigenvalue weighted by Gasteiger charge is 2.14. The summed E-state index contributed by atoms with van der Waals surface area (Å²) in [5.74, 6) is 1.68. The van der Waals surface area contributed by atoms with E-state index < -0.39 is 25.2 Å². The Morgan fingerprint density at radius 3 is 2.52 bits per heavy atom.